The van der Waals surface area contributed by atoms with Gasteiger partial charge in [0.1, 0.15) is 5.82 Å². The lowest BCUT2D eigenvalue weighted by Gasteiger charge is -2.08. The Balaban J connectivity index is 1.63. The van der Waals surface area contributed by atoms with E-state index in [-0.39, 0.29) is 0 Å². The number of fused-ring (bicyclic) bond motifs is 5. The second kappa shape index (κ2) is 6.04. The van der Waals surface area contributed by atoms with Gasteiger partial charge in [-0.1, -0.05) is 54.6 Å². The van der Waals surface area contributed by atoms with E-state index in [1.165, 1.54) is 37.5 Å². The van der Waals surface area contributed by atoms with Crippen LogP contribution in [0.1, 0.15) is 0 Å². The molecule has 3 aromatic carbocycles. The van der Waals surface area contributed by atoms with E-state index in [9.17, 15) is 0 Å². The van der Waals surface area contributed by atoms with Gasteiger partial charge in [-0.2, -0.15) is 0 Å². The molecule has 0 atom stereocenters. The van der Waals surface area contributed by atoms with Crippen molar-refractivity contribution in [2.75, 3.05) is 0 Å². The molecule has 0 unspecified atom stereocenters. The monoisotopic (exact) mass is 376 g/mol. The zero-order valence-electron chi connectivity index (χ0n) is 15.0. The maximum absolute atomic E-state index is 4.83. The molecule has 0 aliphatic carbocycles. The fourth-order valence-corrected chi connectivity index (χ4v) is 5.00. The van der Waals surface area contributed by atoms with Crippen LogP contribution in [0.4, 0.5) is 0 Å². The molecule has 0 saturated carbocycles. The van der Waals surface area contributed by atoms with Crippen molar-refractivity contribution in [2.45, 2.75) is 0 Å². The number of para-hydroxylation sites is 1. The van der Waals surface area contributed by atoms with Gasteiger partial charge in [-0.25, -0.2) is 4.98 Å². The topological polar surface area (TPSA) is 17.8 Å². The molecule has 0 spiro atoms. The first-order chi connectivity index (χ1) is 13.9. The lowest BCUT2D eigenvalue weighted by Crippen LogP contribution is -1.97. The summed E-state index contributed by atoms with van der Waals surface area (Å²) in [4.78, 5) is 4.83. The Morgan fingerprint density at radius 2 is 1.54 bits per heavy atom. The smallest absolute Gasteiger partial charge is 0.137 e. The summed E-state index contributed by atoms with van der Waals surface area (Å²) in [6.07, 6.45) is 1.97. The highest BCUT2D eigenvalue weighted by Gasteiger charge is 2.15. The Morgan fingerprint density at radius 3 is 2.39 bits per heavy atom. The normalized spacial score (nSPS) is 11.6. The zero-order chi connectivity index (χ0) is 18.5. The number of hydrogen-bond donors (Lipinski definition) is 0. The van der Waals surface area contributed by atoms with Crippen molar-refractivity contribution in [3.8, 4) is 16.9 Å². The molecule has 0 aliphatic rings. The van der Waals surface area contributed by atoms with Gasteiger partial charge in [-0.3, -0.25) is 4.57 Å². The number of thiophene rings is 1. The van der Waals surface area contributed by atoms with Gasteiger partial charge in [0.2, 0.25) is 0 Å². The number of pyridine rings is 1. The highest BCUT2D eigenvalue weighted by atomic mass is 32.1. The van der Waals surface area contributed by atoms with Crippen LogP contribution in [-0.4, -0.2) is 9.55 Å². The third-order valence-electron chi connectivity index (χ3n) is 5.34. The quantitative estimate of drug-likeness (QED) is 0.316. The minimum Gasteiger partial charge on any atom is -0.294 e. The fourth-order valence-electron chi connectivity index (χ4n) is 4.04. The standard InChI is InChI=1S/C25H16N2S/c1-2-6-17(7-3-1)19-11-13-23(26-16-19)27-21-9-5-4-8-20(21)24-22(27)12-10-18-14-15-28-25(18)24/h1-16H. The molecule has 3 heteroatoms. The van der Waals surface area contributed by atoms with Gasteiger partial charge >= 0.3 is 0 Å². The summed E-state index contributed by atoms with van der Waals surface area (Å²) >= 11 is 1.81. The minimum absolute atomic E-state index is 0.946. The van der Waals surface area contributed by atoms with Crippen LogP contribution in [-0.2, 0) is 0 Å². The Kier molecular flexibility index (Phi) is 3.37. The zero-order valence-corrected chi connectivity index (χ0v) is 15.9. The number of rotatable bonds is 2. The van der Waals surface area contributed by atoms with E-state index >= 15 is 0 Å². The van der Waals surface area contributed by atoms with Crippen LogP contribution in [0.3, 0.4) is 0 Å². The highest BCUT2D eigenvalue weighted by Crippen LogP contribution is 2.38. The lowest BCUT2D eigenvalue weighted by atomic mass is 10.1. The maximum Gasteiger partial charge on any atom is 0.137 e. The van der Waals surface area contributed by atoms with Crippen LogP contribution >= 0.6 is 11.3 Å². The van der Waals surface area contributed by atoms with Crippen molar-refractivity contribution >= 4 is 43.2 Å². The molecule has 0 fully saturated rings. The van der Waals surface area contributed by atoms with Gasteiger partial charge in [0, 0.05) is 27.2 Å². The molecule has 3 aromatic heterocycles. The van der Waals surface area contributed by atoms with Crippen LogP contribution in [0.15, 0.2) is 96.5 Å². The van der Waals surface area contributed by atoms with E-state index in [4.69, 9.17) is 4.98 Å². The Labute approximate surface area is 166 Å². The molecule has 0 aliphatic heterocycles. The second-order valence-corrected chi connectivity index (χ2v) is 7.84. The first kappa shape index (κ1) is 15.6. The highest BCUT2D eigenvalue weighted by molar-refractivity contribution is 7.18. The molecule has 28 heavy (non-hydrogen) atoms. The second-order valence-electron chi connectivity index (χ2n) is 6.92. The molecule has 6 aromatic rings. The third kappa shape index (κ3) is 2.23. The van der Waals surface area contributed by atoms with E-state index in [0.717, 1.165) is 11.4 Å². The first-order valence-electron chi connectivity index (χ1n) is 9.31. The van der Waals surface area contributed by atoms with E-state index in [1.807, 2.05) is 12.3 Å². The van der Waals surface area contributed by atoms with Crippen LogP contribution < -0.4 is 0 Å². The van der Waals surface area contributed by atoms with Gasteiger partial charge in [0.15, 0.2) is 0 Å². The molecule has 0 N–H and O–H groups in total. The molecule has 0 amide bonds. The van der Waals surface area contributed by atoms with Crippen LogP contribution in [0, 0.1) is 0 Å². The Hall–Kier alpha value is -3.43. The van der Waals surface area contributed by atoms with Crippen molar-refractivity contribution in [2.24, 2.45) is 0 Å². The molecule has 132 valence electrons. The summed E-state index contributed by atoms with van der Waals surface area (Å²) < 4.78 is 3.62. The summed E-state index contributed by atoms with van der Waals surface area (Å²) in [7, 11) is 0. The predicted molar refractivity (Wildman–Crippen MR) is 119 cm³/mol. The van der Waals surface area contributed by atoms with Gasteiger partial charge in [0.05, 0.1) is 11.0 Å². The summed E-state index contributed by atoms with van der Waals surface area (Å²) in [6.45, 7) is 0. The van der Waals surface area contributed by atoms with E-state index in [0.29, 0.717) is 0 Å². The summed E-state index contributed by atoms with van der Waals surface area (Å²) in [6, 6.07) is 29.9. The molecule has 0 saturated heterocycles. The SMILES string of the molecule is c1ccc(-c2ccc(-n3c4ccccc4c4c5sccc5ccc43)nc2)cc1. The number of benzene rings is 3. The van der Waals surface area contributed by atoms with Gasteiger partial charge in [-0.05, 0) is 46.7 Å². The van der Waals surface area contributed by atoms with E-state index in [2.05, 4.69) is 88.8 Å². The average Bonchev–Trinajstić information content (AvgIpc) is 3.36. The van der Waals surface area contributed by atoms with Crippen molar-refractivity contribution in [1.82, 2.24) is 9.55 Å². The van der Waals surface area contributed by atoms with Crippen LogP contribution in [0.5, 0.6) is 0 Å². The number of aromatic nitrogens is 2. The Bertz CT molecular complexity index is 1440. The molecular weight excluding hydrogens is 360 g/mol. The predicted octanol–water partition coefficient (Wildman–Crippen LogP) is 7.06. The van der Waals surface area contributed by atoms with Gasteiger partial charge in [0.25, 0.3) is 0 Å². The first-order valence-corrected chi connectivity index (χ1v) is 10.2. The minimum atomic E-state index is 0.946. The molecule has 2 nitrogen and oxygen atoms in total. The molecule has 3 heterocycles. The molecule has 0 bridgehead atoms. The Morgan fingerprint density at radius 1 is 0.679 bits per heavy atom. The largest absolute Gasteiger partial charge is 0.294 e. The molecular formula is C25H16N2S. The van der Waals surface area contributed by atoms with E-state index < -0.39 is 0 Å². The van der Waals surface area contributed by atoms with Crippen molar-refractivity contribution in [3.63, 3.8) is 0 Å². The van der Waals surface area contributed by atoms with Gasteiger partial charge < -0.3 is 0 Å². The summed E-state index contributed by atoms with van der Waals surface area (Å²) in [5.41, 5.74) is 4.71. The van der Waals surface area contributed by atoms with Crippen molar-refractivity contribution in [3.05, 3.63) is 96.5 Å². The van der Waals surface area contributed by atoms with E-state index in [1.54, 1.807) is 11.3 Å². The summed E-state index contributed by atoms with van der Waals surface area (Å²) in [5, 5.41) is 6.06. The fraction of sp³-hybridized carbons (Fsp3) is 0. The lowest BCUT2D eigenvalue weighted by molar-refractivity contribution is 1.08. The number of hydrogen-bond acceptors (Lipinski definition) is 2. The maximum atomic E-state index is 4.83. The number of nitrogens with zero attached hydrogens (tertiary/aromatic N) is 2. The third-order valence-corrected chi connectivity index (χ3v) is 6.29. The van der Waals surface area contributed by atoms with Gasteiger partial charge in [-0.15, -0.1) is 11.3 Å². The average molecular weight is 376 g/mol. The summed E-state index contributed by atoms with van der Waals surface area (Å²) in [5.74, 6) is 0.946. The molecule has 0 radical (unpaired) electrons. The molecule has 6 rings (SSSR count). The van der Waals surface area contributed by atoms with Crippen LogP contribution in [0.2, 0.25) is 0 Å². The van der Waals surface area contributed by atoms with Crippen molar-refractivity contribution < 1.29 is 0 Å². The van der Waals surface area contributed by atoms with Crippen LogP contribution in [0.25, 0.3) is 48.8 Å². The van der Waals surface area contributed by atoms with Crippen molar-refractivity contribution in [1.29, 1.82) is 0 Å².